The Morgan fingerprint density at radius 1 is 0.778 bits per heavy atom. The van der Waals surface area contributed by atoms with E-state index in [-0.39, 0.29) is 33.4 Å². The highest BCUT2D eigenvalue weighted by Gasteiger charge is 2.35. The highest BCUT2D eigenvalue weighted by molar-refractivity contribution is 7.93. The first-order chi connectivity index (χ1) is 17.1. The van der Waals surface area contributed by atoms with Gasteiger partial charge in [0.15, 0.2) is 11.5 Å². The van der Waals surface area contributed by atoms with Crippen molar-refractivity contribution < 1.29 is 26.3 Å². The second kappa shape index (κ2) is 8.56. The van der Waals surface area contributed by atoms with Crippen LogP contribution in [0, 0.1) is 13.8 Å². The van der Waals surface area contributed by atoms with Crippen LogP contribution in [0.1, 0.15) is 16.7 Å². The third-order valence-corrected chi connectivity index (χ3v) is 9.98. The largest absolute Gasteiger partial charge is 0.493 e. The zero-order chi connectivity index (χ0) is 25.8. The van der Waals surface area contributed by atoms with E-state index in [4.69, 9.17) is 9.47 Å². The highest BCUT2D eigenvalue weighted by Crippen LogP contribution is 2.48. The Labute approximate surface area is 210 Å². The maximum absolute atomic E-state index is 13.8. The van der Waals surface area contributed by atoms with Crippen LogP contribution in [-0.2, 0) is 26.5 Å². The second-order valence-electron chi connectivity index (χ2n) is 8.76. The quantitative estimate of drug-likeness (QED) is 0.373. The number of ether oxygens (including phenoxy) is 2. The van der Waals surface area contributed by atoms with Gasteiger partial charge in [-0.2, -0.15) is 0 Å². The van der Waals surface area contributed by atoms with Crippen LogP contribution in [0.15, 0.2) is 70.6 Å². The molecule has 0 saturated carbocycles. The fourth-order valence-corrected chi connectivity index (χ4v) is 7.45. The zero-order valence-corrected chi connectivity index (χ0v) is 22.0. The molecule has 8 nitrogen and oxygen atoms in total. The van der Waals surface area contributed by atoms with Crippen molar-refractivity contribution in [1.82, 2.24) is 3.97 Å². The van der Waals surface area contributed by atoms with Crippen LogP contribution in [0.3, 0.4) is 0 Å². The van der Waals surface area contributed by atoms with Gasteiger partial charge in [0.05, 0.1) is 29.7 Å². The number of anilines is 1. The number of nitrogens with zero attached hydrogens (tertiary/aromatic N) is 2. The van der Waals surface area contributed by atoms with Gasteiger partial charge >= 0.3 is 0 Å². The van der Waals surface area contributed by atoms with E-state index in [0.717, 1.165) is 11.1 Å². The molecule has 0 saturated heterocycles. The van der Waals surface area contributed by atoms with Crippen LogP contribution >= 0.6 is 0 Å². The average Bonchev–Trinajstić information content (AvgIpc) is 3.26. The molecule has 0 fully saturated rings. The first-order valence-corrected chi connectivity index (χ1v) is 14.2. The Balaban J connectivity index is 1.80. The molecule has 10 heteroatoms. The average molecular weight is 527 g/mol. The van der Waals surface area contributed by atoms with Gasteiger partial charge < -0.3 is 9.47 Å². The van der Waals surface area contributed by atoms with Gasteiger partial charge in [-0.25, -0.2) is 20.8 Å². The lowest BCUT2D eigenvalue weighted by Gasteiger charge is -2.29. The molecule has 1 aromatic heterocycles. The molecule has 5 rings (SSSR count). The predicted molar refractivity (Wildman–Crippen MR) is 138 cm³/mol. The number of sulfonamides is 1. The maximum atomic E-state index is 13.8. The number of hydrogen-bond donors (Lipinski definition) is 0. The van der Waals surface area contributed by atoms with Crippen molar-refractivity contribution in [3.05, 3.63) is 77.5 Å². The van der Waals surface area contributed by atoms with E-state index >= 15 is 0 Å². The van der Waals surface area contributed by atoms with Gasteiger partial charge in [-0.3, -0.25) is 4.31 Å². The Morgan fingerprint density at radius 2 is 1.33 bits per heavy atom. The Morgan fingerprint density at radius 3 is 1.86 bits per heavy atom. The number of hydrogen-bond acceptors (Lipinski definition) is 6. The van der Waals surface area contributed by atoms with E-state index in [0.29, 0.717) is 23.1 Å². The van der Waals surface area contributed by atoms with Gasteiger partial charge in [0.1, 0.15) is 5.52 Å². The minimum absolute atomic E-state index is 0.117. The third kappa shape index (κ3) is 3.63. The molecule has 0 radical (unpaired) electrons. The molecule has 0 N–H and O–H groups in total. The van der Waals surface area contributed by atoms with Crippen molar-refractivity contribution in [2.75, 3.05) is 25.1 Å². The molecule has 3 aromatic carbocycles. The third-order valence-electron chi connectivity index (χ3n) is 6.48. The summed E-state index contributed by atoms with van der Waals surface area (Å²) in [7, 11) is -5.07. The fraction of sp³-hybridized carbons (Fsp3) is 0.231. The summed E-state index contributed by atoms with van der Waals surface area (Å²) in [6.45, 7) is 3.92. The Bertz CT molecular complexity index is 1690. The first kappa shape index (κ1) is 24.2. The summed E-state index contributed by atoms with van der Waals surface area (Å²) in [5.74, 6) is 0.448. The number of aromatic nitrogens is 1. The van der Waals surface area contributed by atoms with E-state index in [1.807, 2.05) is 13.8 Å². The fourth-order valence-electron chi connectivity index (χ4n) is 4.59. The molecule has 188 valence electrons. The Kier molecular flexibility index (Phi) is 5.76. The van der Waals surface area contributed by atoms with Crippen molar-refractivity contribution in [2.45, 2.75) is 30.1 Å². The Hall–Kier alpha value is -3.50. The summed E-state index contributed by atoms with van der Waals surface area (Å²) in [6, 6.07) is 14.8. The van der Waals surface area contributed by atoms with Crippen molar-refractivity contribution in [3.8, 4) is 11.5 Å². The molecule has 0 unspecified atom stereocenters. The maximum Gasteiger partial charge on any atom is 0.268 e. The molecule has 0 amide bonds. The number of aryl methyl sites for hydroxylation is 2. The standard InChI is InChI=1S/C26H26N2O6S2/c1-17-5-9-20(10-6-17)35(29,30)27-14-13-19-16-28(36(31,32)21-11-7-18(2)8-12-21)25-24(19)22(27)15-23(33-3)26(25)34-4/h5-12,15-16H,13-14H2,1-4H3. The molecule has 1 aliphatic rings. The number of methoxy groups -OCH3 is 2. The molecule has 0 spiro atoms. The summed E-state index contributed by atoms with van der Waals surface area (Å²) in [4.78, 5) is 0.276. The van der Waals surface area contributed by atoms with Gasteiger partial charge in [-0.05, 0) is 50.1 Å². The van der Waals surface area contributed by atoms with E-state index in [1.165, 1.54) is 22.5 Å². The van der Waals surface area contributed by atoms with Gasteiger partial charge in [-0.1, -0.05) is 35.4 Å². The smallest absolute Gasteiger partial charge is 0.268 e. The SMILES string of the molecule is COc1cc2c3c(cn(S(=O)(=O)c4ccc(C)cc4)c3c1OC)CCN2S(=O)(=O)c1ccc(C)cc1. The molecule has 36 heavy (non-hydrogen) atoms. The van der Waals surface area contributed by atoms with E-state index in [2.05, 4.69) is 0 Å². The van der Waals surface area contributed by atoms with E-state index in [9.17, 15) is 16.8 Å². The number of rotatable bonds is 6. The molecule has 1 aliphatic heterocycles. The van der Waals surface area contributed by atoms with Crippen LogP contribution in [0.2, 0.25) is 0 Å². The van der Waals surface area contributed by atoms with Crippen LogP contribution in [0.4, 0.5) is 5.69 Å². The van der Waals surface area contributed by atoms with Gasteiger partial charge in [0.2, 0.25) is 0 Å². The molecule has 2 heterocycles. The summed E-state index contributed by atoms with van der Waals surface area (Å²) >= 11 is 0. The highest BCUT2D eigenvalue weighted by atomic mass is 32.2. The molecule has 4 aromatic rings. The van der Waals surface area contributed by atoms with Crippen LogP contribution < -0.4 is 13.8 Å². The predicted octanol–water partition coefficient (Wildman–Crippen LogP) is 4.26. The van der Waals surface area contributed by atoms with E-state index < -0.39 is 20.0 Å². The lowest BCUT2D eigenvalue weighted by Crippen LogP contribution is -2.35. The van der Waals surface area contributed by atoms with Gasteiger partial charge in [-0.15, -0.1) is 0 Å². The normalized spacial score (nSPS) is 13.7. The summed E-state index contributed by atoms with van der Waals surface area (Å²) in [5, 5.41) is 0.505. The minimum atomic E-state index is -4.01. The lowest BCUT2D eigenvalue weighted by atomic mass is 10.0. The molecule has 0 bridgehead atoms. The second-order valence-corrected chi connectivity index (χ2v) is 12.4. The van der Waals surface area contributed by atoms with Crippen LogP contribution in [0.25, 0.3) is 10.9 Å². The van der Waals surface area contributed by atoms with Crippen molar-refractivity contribution >= 4 is 36.6 Å². The van der Waals surface area contributed by atoms with E-state index in [1.54, 1.807) is 60.8 Å². The summed E-state index contributed by atoms with van der Waals surface area (Å²) in [6.07, 6.45) is 1.89. The first-order valence-electron chi connectivity index (χ1n) is 11.3. The molecular weight excluding hydrogens is 500 g/mol. The van der Waals surface area contributed by atoms with Gasteiger partial charge in [0, 0.05) is 24.2 Å². The van der Waals surface area contributed by atoms with Crippen molar-refractivity contribution in [1.29, 1.82) is 0 Å². The zero-order valence-electron chi connectivity index (χ0n) is 20.3. The minimum Gasteiger partial charge on any atom is -0.493 e. The molecule has 0 atom stereocenters. The molecular formula is C26H26N2O6S2. The van der Waals surface area contributed by atoms with Crippen molar-refractivity contribution in [2.24, 2.45) is 0 Å². The van der Waals surface area contributed by atoms with Crippen molar-refractivity contribution in [3.63, 3.8) is 0 Å². The monoisotopic (exact) mass is 526 g/mol. The number of benzene rings is 3. The lowest BCUT2D eigenvalue weighted by molar-refractivity contribution is 0.358. The molecule has 0 aliphatic carbocycles. The topological polar surface area (TPSA) is 94.9 Å². The summed E-state index contributed by atoms with van der Waals surface area (Å²) in [5.41, 5.74) is 3.19. The van der Waals surface area contributed by atoms with Gasteiger partial charge in [0.25, 0.3) is 20.0 Å². The summed E-state index contributed by atoms with van der Waals surface area (Å²) < 4.78 is 68.5. The van der Waals surface area contributed by atoms with Crippen LogP contribution in [0.5, 0.6) is 11.5 Å². The van der Waals surface area contributed by atoms with Crippen LogP contribution in [-0.4, -0.2) is 41.6 Å².